The number of carbonyl (C=O) groups is 3. The molecule has 0 aliphatic heterocycles. The lowest BCUT2D eigenvalue weighted by Gasteiger charge is -2.57. The molecular formula is C20H33NO4. The van der Waals surface area contributed by atoms with Crippen molar-refractivity contribution in [2.24, 2.45) is 23.2 Å². The third-order valence-electron chi connectivity index (χ3n) is 6.21. The minimum atomic E-state index is -0.745. The summed E-state index contributed by atoms with van der Waals surface area (Å²) >= 11 is 0. The molecule has 0 saturated heterocycles. The zero-order valence-electron chi connectivity index (χ0n) is 15.7. The predicted molar refractivity (Wildman–Crippen MR) is 96.1 cm³/mol. The maximum atomic E-state index is 11.9. The number of Topliss-reactive ketones (excluding diaryl/α,β-unsaturated/α-hetero) is 1. The van der Waals surface area contributed by atoms with E-state index in [0.717, 1.165) is 24.2 Å². The monoisotopic (exact) mass is 351 g/mol. The van der Waals surface area contributed by atoms with Crippen LogP contribution in [0.2, 0.25) is 0 Å². The van der Waals surface area contributed by atoms with Crippen molar-refractivity contribution in [2.45, 2.75) is 78.1 Å². The highest BCUT2D eigenvalue weighted by Gasteiger charge is 2.50. The van der Waals surface area contributed by atoms with Crippen LogP contribution in [0.25, 0.3) is 0 Å². The summed E-state index contributed by atoms with van der Waals surface area (Å²) in [6, 6.07) is 0. The second-order valence-electron chi connectivity index (χ2n) is 8.33. The van der Waals surface area contributed by atoms with Crippen molar-refractivity contribution < 1.29 is 19.5 Å². The molecule has 25 heavy (non-hydrogen) atoms. The van der Waals surface area contributed by atoms with Gasteiger partial charge in [-0.1, -0.05) is 13.8 Å². The number of rotatable bonds is 7. The maximum Gasteiger partial charge on any atom is 0.303 e. The Balaban J connectivity index is 0.000000399. The first-order valence-corrected chi connectivity index (χ1v) is 9.86. The van der Waals surface area contributed by atoms with Crippen LogP contribution in [0.3, 0.4) is 0 Å². The number of carboxylic acid groups (broad SMARTS) is 1. The van der Waals surface area contributed by atoms with E-state index in [1.807, 2.05) is 6.92 Å². The van der Waals surface area contributed by atoms with Gasteiger partial charge in [0.25, 0.3) is 0 Å². The van der Waals surface area contributed by atoms with E-state index in [-0.39, 0.29) is 24.7 Å². The van der Waals surface area contributed by atoms with Gasteiger partial charge in [-0.15, -0.1) is 0 Å². The number of carboxylic acids is 1. The average molecular weight is 351 g/mol. The summed E-state index contributed by atoms with van der Waals surface area (Å²) in [5, 5.41) is 10.4. The topological polar surface area (TPSA) is 83.5 Å². The van der Waals surface area contributed by atoms with Crippen LogP contribution in [-0.4, -0.2) is 29.3 Å². The van der Waals surface area contributed by atoms with E-state index in [0.29, 0.717) is 18.3 Å². The summed E-state index contributed by atoms with van der Waals surface area (Å²) in [6.45, 7) is 3.65. The molecular weight excluding hydrogens is 318 g/mol. The summed E-state index contributed by atoms with van der Waals surface area (Å²) in [6.07, 6.45) is 10.9. The Bertz CT molecular complexity index is 465. The van der Waals surface area contributed by atoms with E-state index in [2.05, 4.69) is 5.32 Å². The van der Waals surface area contributed by atoms with Crippen molar-refractivity contribution in [2.75, 3.05) is 6.54 Å². The van der Waals surface area contributed by atoms with Crippen LogP contribution in [-0.2, 0) is 14.4 Å². The highest BCUT2D eigenvalue weighted by Crippen LogP contribution is 2.61. The van der Waals surface area contributed by atoms with Crippen molar-refractivity contribution in [1.29, 1.82) is 0 Å². The summed E-state index contributed by atoms with van der Waals surface area (Å²) in [4.78, 5) is 32.5. The van der Waals surface area contributed by atoms with Crippen LogP contribution < -0.4 is 5.32 Å². The lowest BCUT2D eigenvalue weighted by Crippen LogP contribution is -2.46. The molecule has 2 N–H and O–H groups in total. The Morgan fingerprint density at radius 3 is 1.84 bits per heavy atom. The molecule has 0 aromatic carbocycles. The van der Waals surface area contributed by atoms with Gasteiger partial charge in [0.05, 0.1) is 6.54 Å². The Hall–Kier alpha value is -1.39. The number of aliphatic carboxylic acids is 1. The van der Waals surface area contributed by atoms with Crippen LogP contribution in [0.1, 0.15) is 78.1 Å². The van der Waals surface area contributed by atoms with Crippen LogP contribution in [0.4, 0.5) is 0 Å². The summed E-state index contributed by atoms with van der Waals surface area (Å²) < 4.78 is 0. The normalized spacial score (nSPS) is 31.8. The number of hydrogen-bond donors (Lipinski definition) is 2. The van der Waals surface area contributed by atoms with E-state index in [9.17, 15) is 14.4 Å². The molecule has 0 atom stereocenters. The molecule has 4 rings (SSSR count). The first-order chi connectivity index (χ1) is 11.9. The van der Waals surface area contributed by atoms with Gasteiger partial charge in [0.15, 0.2) is 5.78 Å². The van der Waals surface area contributed by atoms with Gasteiger partial charge >= 0.3 is 5.97 Å². The van der Waals surface area contributed by atoms with Crippen LogP contribution in [0.5, 0.6) is 0 Å². The number of ketones is 1. The van der Waals surface area contributed by atoms with E-state index in [4.69, 9.17) is 5.11 Å². The van der Waals surface area contributed by atoms with Gasteiger partial charge < -0.3 is 10.4 Å². The summed E-state index contributed by atoms with van der Waals surface area (Å²) in [7, 11) is 0. The fourth-order valence-electron chi connectivity index (χ4n) is 5.41. The van der Waals surface area contributed by atoms with Gasteiger partial charge in [0.2, 0.25) is 5.91 Å². The second-order valence-corrected chi connectivity index (χ2v) is 8.33. The number of amides is 1. The standard InChI is InChI=1S/C17H27NO2.C3H6O2/c1-2-16(20)18-11-15(19)3-4-17-8-12-5-13(9-17)7-14(6-12)10-17;1-2-3(4)5/h12-14H,2-11H2,1H3,(H,18,20);2H2,1H3,(H,4,5). The highest BCUT2D eigenvalue weighted by molar-refractivity contribution is 5.85. The Kier molecular flexibility index (Phi) is 7.03. The lowest BCUT2D eigenvalue weighted by molar-refractivity contribution is -0.136. The van der Waals surface area contributed by atoms with Crippen LogP contribution in [0, 0.1) is 23.2 Å². The molecule has 0 unspecified atom stereocenters. The SMILES string of the molecule is CCC(=O)NCC(=O)CCC12CC3CC(CC(C3)C1)C2.CCC(=O)O. The first kappa shape index (κ1) is 19.9. The van der Waals surface area contributed by atoms with E-state index < -0.39 is 5.97 Å². The first-order valence-electron chi connectivity index (χ1n) is 9.86. The van der Waals surface area contributed by atoms with Crippen molar-refractivity contribution in [1.82, 2.24) is 5.32 Å². The van der Waals surface area contributed by atoms with Crippen molar-refractivity contribution in [3.8, 4) is 0 Å². The zero-order chi connectivity index (χ0) is 18.4. The van der Waals surface area contributed by atoms with Gasteiger partial charge in [-0.3, -0.25) is 14.4 Å². The molecule has 0 radical (unpaired) electrons. The predicted octanol–water partition coefficient (Wildman–Crippen LogP) is 3.56. The van der Waals surface area contributed by atoms with Crippen LogP contribution in [0.15, 0.2) is 0 Å². The molecule has 4 saturated carbocycles. The smallest absolute Gasteiger partial charge is 0.303 e. The number of hydrogen-bond acceptors (Lipinski definition) is 3. The van der Waals surface area contributed by atoms with E-state index >= 15 is 0 Å². The lowest BCUT2D eigenvalue weighted by atomic mass is 9.48. The number of carbonyl (C=O) groups excluding carboxylic acids is 2. The molecule has 142 valence electrons. The average Bonchev–Trinajstić information content (AvgIpc) is 2.57. The van der Waals surface area contributed by atoms with Gasteiger partial charge in [-0.25, -0.2) is 0 Å². The molecule has 4 fully saturated rings. The zero-order valence-corrected chi connectivity index (χ0v) is 15.7. The molecule has 4 aliphatic rings. The quantitative estimate of drug-likeness (QED) is 0.734. The van der Waals surface area contributed by atoms with Gasteiger partial charge in [0, 0.05) is 19.3 Å². The molecule has 5 nitrogen and oxygen atoms in total. The molecule has 1 amide bonds. The summed E-state index contributed by atoms with van der Waals surface area (Å²) in [5.74, 6) is 2.31. The summed E-state index contributed by atoms with van der Waals surface area (Å²) in [5.41, 5.74) is 0.485. The molecule has 4 aliphatic carbocycles. The van der Waals surface area contributed by atoms with E-state index in [1.165, 1.54) is 38.5 Å². The minimum Gasteiger partial charge on any atom is -0.481 e. The molecule has 0 aromatic rings. The van der Waals surface area contributed by atoms with E-state index in [1.54, 1.807) is 6.92 Å². The van der Waals surface area contributed by atoms with Gasteiger partial charge in [-0.2, -0.15) is 0 Å². The molecule has 0 spiro atoms. The highest BCUT2D eigenvalue weighted by atomic mass is 16.4. The Morgan fingerprint density at radius 2 is 1.44 bits per heavy atom. The largest absolute Gasteiger partial charge is 0.481 e. The third kappa shape index (κ3) is 5.82. The maximum absolute atomic E-state index is 11.9. The molecule has 0 aromatic heterocycles. The van der Waals surface area contributed by atoms with Gasteiger partial charge in [0.1, 0.15) is 0 Å². The fourth-order valence-corrected chi connectivity index (χ4v) is 5.41. The van der Waals surface area contributed by atoms with Crippen molar-refractivity contribution in [3.63, 3.8) is 0 Å². The Morgan fingerprint density at radius 1 is 0.960 bits per heavy atom. The van der Waals surface area contributed by atoms with Crippen LogP contribution >= 0.6 is 0 Å². The van der Waals surface area contributed by atoms with Crippen molar-refractivity contribution in [3.05, 3.63) is 0 Å². The molecule has 5 heteroatoms. The minimum absolute atomic E-state index is 0.0202. The van der Waals surface area contributed by atoms with Gasteiger partial charge in [-0.05, 0) is 68.1 Å². The molecule has 4 bridgehead atoms. The number of nitrogens with one attached hydrogen (secondary N) is 1. The fraction of sp³-hybridized carbons (Fsp3) is 0.850. The second kappa shape index (κ2) is 8.81. The van der Waals surface area contributed by atoms with Crippen molar-refractivity contribution >= 4 is 17.7 Å². The third-order valence-corrected chi connectivity index (χ3v) is 6.21. The molecule has 0 heterocycles. The Labute approximate surface area is 150 Å².